The lowest BCUT2D eigenvalue weighted by Crippen LogP contribution is -1.66. The lowest BCUT2D eigenvalue weighted by molar-refractivity contribution is 0.547. The Hall–Kier alpha value is -0.110. The Morgan fingerprint density at radius 2 is 2.33 bits per heavy atom. The lowest BCUT2D eigenvalue weighted by Gasteiger charge is -1.75. The molecule has 0 aromatic heterocycles. The van der Waals surface area contributed by atoms with Crippen LogP contribution in [0.25, 0.3) is 0 Å². The first-order chi connectivity index (χ1) is 2.81. The van der Waals surface area contributed by atoms with Crippen LogP contribution in [0.5, 0.6) is 0 Å². The van der Waals surface area contributed by atoms with Gasteiger partial charge in [-0.15, -0.1) is 0 Å². The molecule has 0 N–H and O–H groups in total. The Morgan fingerprint density at radius 1 is 1.83 bits per heavy atom. The van der Waals surface area contributed by atoms with Crippen LogP contribution >= 0.6 is 11.6 Å². The van der Waals surface area contributed by atoms with Crippen molar-refractivity contribution in [3.63, 3.8) is 0 Å². The summed E-state index contributed by atoms with van der Waals surface area (Å²) in [6.07, 6.45) is 0.0293. The summed E-state index contributed by atoms with van der Waals surface area (Å²) in [5.41, 5.74) is 0. The van der Waals surface area contributed by atoms with Crippen molar-refractivity contribution in [2.24, 2.45) is 0 Å². The molecule has 0 heterocycles. The van der Waals surface area contributed by atoms with E-state index in [1.807, 2.05) is 0 Å². The Labute approximate surface area is 39.4 Å². The van der Waals surface area contributed by atoms with Gasteiger partial charge in [-0.1, -0.05) is 11.6 Å². The van der Waals surface area contributed by atoms with Crippen LogP contribution in [0.2, 0.25) is 0 Å². The molecule has 36 valence electrons. The number of alkyl halides is 1. The molecule has 6 heavy (non-hydrogen) atoms. The van der Waals surface area contributed by atoms with Gasteiger partial charge in [0, 0.05) is 0 Å². The first-order valence-electron chi connectivity index (χ1n) is 1.32. The van der Waals surface area contributed by atoms with Crippen molar-refractivity contribution in [2.75, 3.05) is 6.67 Å². The average molecular weight is 113 g/mol. The van der Waals surface area contributed by atoms with Gasteiger partial charge >= 0.3 is 0 Å². The van der Waals surface area contributed by atoms with Crippen molar-refractivity contribution in [3.05, 3.63) is 11.4 Å². The van der Waals surface area contributed by atoms with Gasteiger partial charge in [0.05, 0.1) is 5.03 Å². The van der Waals surface area contributed by atoms with Crippen molar-refractivity contribution in [1.82, 2.24) is 0 Å². The first-order valence-corrected chi connectivity index (χ1v) is 1.69. The minimum Gasteiger partial charge on any atom is -0.245 e. The molecule has 0 aromatic rings. The summed E-state index contributed by atoms with van der Waals surface area (Å²) in [4.78, 5) is 0. The van der Waals surface area contributed by atoms with Crippen LogP contribution in [0.1, 0.15) is 0 Å². The van der Waals surface area contributed by atoms with Crippen molar-refractivity contribution in [1.29, 1.82) is 0 Å². The van der Waals surface area contributed by atoms with Crippen LogP contribution in [0.15, 0.2) is 11.4 Å². The van der Waals surface area contributed by atoms with Crippen LogP contribution in [-0.2, 0) is 0 Å². The van der Waals surface area contributed by atoms with Gasteiger partial charge in [-0.2, -0.15) is 0 Å². The topological polar surface area (TPSA) is 0 Å². The van der Waals surface area contributed by atoms with E-state index in [4.69, 9.17) is 11.6 Å². The largest absolute Gasteiger partial charge is 0.245 e. The average Bonchev–Trinajstić information content (AvgIpc) is 1.65. The highest BCUT2D eigenvalue weighted by Crippen LogP contribution is 1.99. The van der Waals surface area contributed by atoms with Crippen LogP contribution in [-0.4, -0.2) is 6.67 Å². The summed E-state index contributed by atoms with van der Waals surface area (Å²) in [5, 5.41) is -0.394. The molecule has 0 atom stereocenters. The fourth-order valence-corrected chi connectivity index (χ4v) is 0.0292. The number of rotatable bonds is 1. The molecule has 0 aliphatic heterocycles. The molecule has 0 unspecified atom stereocenters. The molecule has 0 amide bonds. The van der Waals surface area contributed by atoms with Crippen molar-refractivity contribution in [3.8, 4) is 0 Å². The van der Waals surface area contributed by atoms with E-state index in [0.29, 0.717) is 0 Å². The molecular weight excluding hydrogens is 109 g/mol. The van der Waals surface area contributed by atoms with Crippen LogP contribution in [0.4, 0.5) is 8.78 Å². The number of halogens is 3. The standard InChI is InChI=1S/C3H3ClF2/c4-3(1-5)2-6/h1H,2H2/b3-1+. The maximum absolute atomic E-state index is 10.9. The van der Waals surface area contributed by atoms with E-state index in [1.165, 1.54) is 0 Å². The molecule has 0 saturated heterocycles. The van der Waals surface area contributed by atoms with Crippen molar-refractivity contribution >= 4 is 11.6 Å². The third-order valence-electron chi connectivity index (χ3n) is 0.246. The van der Waals surface area contributed by atoms with Crippen LogP contribution in [0.3, 0.4) is 0 Å². The zero-order valence-corrected chi connectivity index (χ0v) is 3.67. The summed E-state index contributed by atoms with van der Waals surface area (Å²) in [5.74, 6) is 0. The van der Waals surface area contributed by atoms with E-state index in [0.717, 1.165) is 0 Å². The van der Waals surface area contributed by atoms with E-state index in [-0.39, 0.29) is 6.33 Å². The summed E-state index contributed by atoms with van der Waals surface area (Å²) >= 11 is 4.76. The molecule has 0 fully saturated rings. The Bertz CT molecular complexity index is 59.8. The molecule has 0 aromatic carbocycles. The molecule has 0 rings (SSSR count). The minimum absolute atomic E-state index is 0.0293. The van der Waals surface area contributed by atoms with Gasteiger partial charge in [-0.25, -0.2) is 8.78 Å². The van der Waals surface area contributed by atoms with Gasteiger partial charge in [-0.3, -0.25) is 0 Å². The highest BCUT2D eigenvalue weighted by Gasteiger charge is 1.83. The Morgan fingerprint density at radius 3 is 2.33 bits per heavy atom. The first kappa shape index (κ1) is 5.89. The fraction of sp³-hybridized carbons (Fsp3) is 0.333. The molecule has 0 spiro atoms. The van der Waals surface area contributed by atoms with Gasteiger partial charge in [-0.05, 0) is 0 Å². The number of hydrogen-bond acceptors (Lipinski definition) is 0. The summed E-state index contributed by atoms with van der Waals surface area (Å²) in [6.45, 7) is -0.919. The number of hydrogen-bond donors (Lipinski definition) is 0. The van der Waals surface area contributed by atoms with E-state index >= 15 is 0 Å². The zero-order chi connectivity index (χ0) is 4.99. The van der Waals surface area contributed by atoms with E-state index < -0.39 is 11.7 Å². The molecular formula is C3H3ClF2. The van der Waals surface area contributed by atoms with E-state index in [9.17, 15) is 8.78 Å². The molecule has 0 nitrogen and oxygen atoms in total. The van der Waals surface area contributed by atoms with Gasteiger partial charge in [0.15, 0.2) is 0 Å². The normalized spacial score (nSPS) is 12.2. The molecule has 0 aliphatic carbocycles. The maximum atomic E-state index is 10.9. The molecule has 0 saturated carbocycles. The number of allylic oxidation sites excluding steroid dienone is 1. The second-order valence-electron chi connectivity index (χ2n) is 0.690. The molecule has 0 radical (unpaired) electrons. The van der Waals surface area contributed by atoms with Gasteiger partial charge in [0.25, 0.3) is 0 Å². The third-order valence-corrected chi connectivity index (χ3v) is 0.430. The fourth-order valence-electron chi connectivity index (χ4n) is 0.0292. The minimum atomic E-state index is -0.919. The van der Waals surface area contributed by atoms with Gasteiger partial charge in [0.2, 0.25) is 0 Å². The van der Waals surface area contributed by atoms with Gasteiger partial charge in [0.1, 0.15) is 13.0 Å². The van der Waals surface area contributed by atoms with E-state index in [2.05, 4.69) is 0 Å². The van der Waals surface area contributed by atoms with Crippen molar-refractivity contribution < 1.29 is 8.78 Å². The smallest absolute Gasteiger partial charge is 0.127 e. The Balaban J connectivity index is 3.22. The molecule has 3 heteroatoms. The second-order valence-corrected chi connectivity index (χ2v) is 1.18. The highest BCUT2D eigenvalue weighted by molar-refractivity contribution is 6.29. The van der Waals surface area contributed by atoms with Gasteiger partial charge < -0.3 is 0 Å². The van der Waals surface area contributed by atoms with Crippen LogP contribution in [0, 0.1) is 0 Å². The molecule has 0 bridgehead atoms. The lowest BCUT2D eigenvalue weighted by atomic mass is 10.7. The summed E-state index contributed by atoms with van der Waals surface area (Å²) in [7, 11) is 0. The zero-order valence-electron chi connectivity index (χ0n) is 2.92. The summed E-state index contributed by atoms with van der Waals surface area (Å²) in [6, 6.07) is 0. The van der Waals surface area contributed by atoms with Crippen LogP contribution < -0.4 is 0 Å². The predicted octanol–water partition coefficient (Wildman–Crippen LogP) is 2.01. The SMILES string of the molecule is F/C=C(/Cl)CF. The monoisotopic (exact) mass is 112 g/mol. The summed E-state index contributed by atoms with van der Waals surface area (Å²) < 4.78 is 21.8. The van der Waals surface area contributed by atoms with Crippen molar-refractivity contribution in [2.45, 2.75) is 0 Å². The maximum Gasteiger partial charge on any atom is 0.127 e. The predicted molar refractivity (Wildman–Crippen MR) is 21.0 cm³/mol. The second kappa shape index (κ2) is 3.09. The third kappa shape index (κ3) is 2.15. The quantitative estimate of drug-likeness (QED) is 0.487. The molecule has 0 aliphatic rings. The Kier molecular flexibility index (Phi) is 3.04. The van der Waals surface area contributed by atoms with E-state index in [1.54, 1.807) is 0 Å². The highest BCUT2D eigenvalue weighted by atomic mass is 35.5.